The molecule has 4 rings (SSSR count). The molecule has 0 atom stereocenters. The molecule has 0 bridgehead atoms. The van der Waals surface area contributed by atoms with Crippen LogP contribution in [-0.2, 0) is 0 Å². The predicted octanol–water partition coefficient (Wildman–Crippen LogP) is 7.90. The van der Waals surface area contributed by atoms with Gasteiger partial charge in [-0.1, -0.05) is 68.3 Å². The Morgan fingerprint density at radius 3 is 1.57 bits per heavy atom. The molecule has 0 heterocycles. The van der Waals surface area contributed by atoms with E-state index in [0.717, 1.165) is 17.0 Å². The van der Waals surface area contributed by atoms with Gasteiger partial charge in [0.25, 0.3) is 0 Å². The van der Waals surface area contributed by atoms with Crippen molar-refractivity contribution in [3.63, 3.8) is 0 Å². The number of hydrogen-bond donors (Lipinski definition) is 0. The molecule has 0 unspecified atom stereocenters. The lowest BCUT2D eigenvalue weighted by Gasteiger charge is -2.26. The molecule has 0 aliphatic heterocycles. The zero-order valence-electron chi connectivity index (χ0n) is 16.5. The van der Waals surface area contributed by atoms with Crippen LogP contribution < -0.4 is 0 Å². The molecule has 0 spiro atoms. The van der Waals surface area contributed by atoms with Gasteiger partial charge in [-0.15, -0.1) is 0 Å². The van der Waals surface area contributed by atoms with E-state index in [0.29, 0.717) is 11.5 Å². The number of rotatable bonds is 3. The van der Waals surface area contributed by atoms with E-state index in [2.05, 4.69) is 31.2 Å². The summed E-state index contributed by atoms with van der Waals surface area (Å²) >= 11 is 0. The second kappa shape index (κ2) is 7.87. The van der Waals surface area contributed by atoms with E-state index in [1.54, 1.807) is 0 Å². The van der Waals surface area contributed by atoms with E-state index in [4.69, 9.17) is 0 Å². The summed E-state index contributed by atoms with van der Waals surface area (Å²) in [6.07, 6.45) is 5.24. The second-order valence-corrected chi connectivity index (χ2v) is 8.22. The van der Waals surface area contributed by atoms with Crippen molar-refractivity contribution in [1.29, 1.82) is 0 Å². The molecule has 144 valence electrons. The van der Waals surface area contributed by atoms with E-state index in [9.17, 15) is 8.78 Å². The largest absolute Gasteiger partial charge is 0.207 e. The summed E-state index contributed by atoms with van der Waals surface area (Å²) in [7, 11) is 0. The van der Waals surface area contributed by atoms with Gasteiger partial charge >= 0.3 is 0 Å². The van der Waals surface area contributed by atoms with Gasteiger partial charge < -0.3 is 0 Å². The number of halogens is 2. The van der Waals surface area contributed by atoms with Crippen LogP contribution in [0.2, 0.25) is 0 Å². The molecule has 1 aliphatic carbocycles. The molecule has 0 nitrogen and oxygen atoms in total. The van der Waals surface area contributed by atoms with Gasteiger partial charge in [0, 0.05) is 5.56 Å². The van der Waals surface area contributed by atoms with E-state index < -0.39 is 11.6 Å². The monoisotopic (exact) mass is 376 g/mol. The molecule has 3 aromatic carbocycles. The lowest BCUT2D eigenvalue weighted by Crippen LogP contribution is -2.10. The summed E-state index contributed by atoms with van der Waals surface area (Å²) in [6.45, 7) is 3.80. The third-order valence-electron chi connectivity index (χ3n) is 6.23. The highest BCUT2D eigenvalue weighted by molar-refractivity contribution is 5.70. The van der Waals surface area contributed by atoms with E-state index in [1.165, 1.54) is 55.9 Å². The molecular weight excluding hydrogens is 350 g/mol. The topological polar surface area (TPSA) is 0 Å². The maximum absolute atomic E-state index is 13.8. The standard InChI is InChI=1S/C26H26F2/c1-17-3-5-19(6-4-17)20-7-9-21(10-8-20)22-11-13-23(14-12-22)24-15-25(27)18(2)26(28)16-24/h7-17,19H,3-6H2,1-2H3. The molecule has 3 aromatic rings. The van der Waals surface area contributed by atoms with Crippen LogP contribution in [0.25, 0.3) is 22.3 Å². The van der Waals surface area contributed by atoms with Crippen LogP contribution in [0.15, 0.2) is 60.7 Å². The molecule has 0 amide bonds. The van der Waals surface area contributed by atoms with E-state index >= 15 is 0 Å². The van der Waals surface area contributed by atoms with Crippen LogP contribution in [0.4, 0.5) is 8.78 Å². The van der Waals surface area contributed by atoms with Crippen molar-refractivity contribution in [2.24, 2.45) is 5.92 Å². The van der Waals surface area contributed by atoms with Gasteiger partial charge in [0.2, 0.25) is 0 Å². The van der Waals surface area contributed by atoms with Gasteiger partial charge in [-0.3, -0.25) is 0 Å². The molecule has 28 heavy (non-hydrogen) atoms. The van der Waals surface area contributed by atoms with E-state index in [-0.39, 0.29) is 5.56 Å². The van der Waals surface area contributed by atoms with Crippen LogP contribution in [-0.4, -0.2) is 0 Å². The summed E-state index contributed by atoms with van der Waals surface area (Å²) in [5.74, 6) is 0.544. The van der Waals surface area contributed by atoms with Crippen LogP contribution in [0.5, 0.6) is 0 Å². The third kappa shape index (κ3) is 3.87. The summed E-state index contributed by atoms with van der Waals surface area (Å²) < 4.78 is 27.7. The normalized spacial score (nSPS) is 19.6. The molecule has 1 fully saturated rings. The summed E-state index contributed by atoms with van der Waals surface area (Å²) in [6, 6.07) is 19.6. The van der Waals surface area contributed by atoms with Crippen molar-refractivity contribution in [2.45, 2.75) is 45.4 Å². The number of benzene rings is 3. The fraction of sp³-hybridized carbons (Fsp3) is 0.308. The fourth-order valence-electron chi connectivity index (χ4n) is 4.21. The summed E-state index contributed by atoms with van der Waals surface area (Å²) in [5, 5.41) is 0. The van der Waals surface area contributed by atoms with Crippen LogP contribution >= 0.6 is 0 Å². The third-order valence-corrected chi connectivity index (χ3v) is 6.23. The van der Waals surface area contributed by atoms with Gasteiger partial charge in [-0.25, -0.2) is 8.78 Å². The van der Waals surface area contributed by atoms with Crippen molar-refractivity contribution in [3.05, 3.63) is 83.4 Å². The van der Waals surface area contributed by atoms with Crippen molar-refractivity contribution >= 4 is 0 Å². The minimum atomic E-state index is -0.508. The highest BCUT2D eigenvalue weighted by atomic mass is 19.1. The molecule has 0 saturated heterocycles. The highest BCUT2D eigenvalue weighted by Gasteiger charge is 2.19. The second-order valence-electron chi connectivity index (χ2n) is 8.22. The SMILES string of the molecule is Cc1c(F)cc(-c2ccc(-c3ccc(C4CCC(C)CC4)cc3)cc2)cc1F. The molecule has 0 aromatic heterocycles. The van der Waals surface area contributed by atoms with Gasteiger partial charge in [-0.2, -0.15) is 0 Å². The minimum absolute atomic E-state index is 0.0629. The first kappa shape index (κ1) is 18.9. The Morgan fingerprint density at radius 2 is 1.07 bits per heavy atom. The zero-order valence-corrected chi connectivity index (χ0v) is 16.5. The Kier molecular flexibility index (Phi) is 5.30. The van der Waals surface area contributed by atoms with Crippen molar-refractivity contribution in [3.8, 4) is 22.3 Å². The molecule has 0 radical (unpaired) electrons. The Bertz CT molecular complexity index is 924. The summed E-state index contributed by atoms with van der Waals surface area (Å²) in [4.78, 5) is 0. The average Bonchev–Trinajstić information content (AvgIpc) is 2.72. The molecule has 1 aliphatic rings. The Hall–Kier alpha value is -2.48. The van der Waals surface area contributed by atoms with Gasteiger partial charge in [-0.05, 0) is 71.6 Å². The lowest BCUT2D eigenvalue weighted by molar-refractivity contribution is 0.348. The molecule has 2 heteroatoms. The lowest BCUT2D eigenvalue weighted by atomic mass is 9.79. The fourth-order valence-corrected chi connectivity index (χ4v) is 4.21. The van der Waals surface area contributed by atoms with Crippen molar-refractivity contribution < 1.29 is 8.78 Å². The Morgan fingerprint density at radius 1 is 0.643 bits per heavy atom. The first-order valence-electron chi connectivity index (χ1n) is 10.2. The minimum Gasteiger partial charge on any atom is -0.207 e. The smallest absolute Gasteiger partial charge is 0.129 e. The molecule has 0 N–H and O–H groups in total. The van der Waals surface area contributed by atoms with Crippen LogP contribution in [0.3, 0.4) is 0 Å². The maximum Gasteiger partial charge on any atom is 0.129 e. The predicted molar refractivity (Wildman–Crippen MR) is 112 cm³/mol. The highest BCUT2D eigenvalue weighted by Crippen LogP contribution is 2.36. The molecular formula is C26H26F2. The zero-order chi connectivity index (χ0) is 19.7. The van der Waals surface area contributed by atoms with Gasteiger partial charge in [0.05, 0.1) is 0 Å². The van der Waals surface area contributed by atoms with Crippen LogP contribution in [0.1, 0.15) is 49.7 Å². The van der Waals surface area contributed by atoms with Crippen molar-refractivity contribution in [1.82, 2.24) is 0 Å². The maximum atomic E-state index is 13.8. The first-order valence-corrected chi connectivity index (χ1v) is 10.2. The van der Waals surface area contributed by atoms with Crippen molar-refractivity contribution in [2.75, 3.05) is 0 Å². The number of hydrogen-bond acceptors (Lipinski definition) is 0. The average molecular weight is 376 g/mol. The molecule has 1 saturated carbocycles. The van der Waals surface area contributed by atoms with Gasteiger partial charge in [0.15, 0.2) is 0 Å². The Balaban J connectivity index is 1.52. The van der Waals surface area contributed by atoms with Crippen LogP contribution in [0, 0.1) is 24.5 Å². The quantitative estimate of drug-likeness (QED) is 0.436. The summed E-state index contributed by atoms with van der Waals surface area (Å²) in [5.41, 5.74) is 5.16. The Labute approximate surface area is 166 Å². The first-order chi connectivity index (χ1) is 13.5. The van der Waals surface area contributed by atoms with Gasteiger partial charge in [0.1, 0.15) is 11.6 Å². The van der Waals surface area contributed by atoms with E-state index in [1.807, 2.05) is 24.3 Å².